The molecule has 0 radical (unpaired) electrons. The lowest BCUT2D eigenvalue weighted by Gasteiger charge is -2.16. The van der Waals surface area contributed by atoms with E-state index in [-0.39, 0.29) is 18.2 Å². The molecule has 1 N–H and O–H groups in total. The molecule has 0 aliphatic rings. The molecule has 19 heavy (non-hydrogen) atoms. The monoisotopic (exact) mass is 259 g/mol. The molecule has 0 fully saturated rings. The fraction of sp³-hybridized carbons (Fsp3) is 0.200. The number of pyridine rings is 1. The molecule has 1 heterocycles. The van der Waals surface area contributed by atoms with E-state index >= 15 is 0 Å². The van der Waals surface area contributed by atoms with E-state index in [1.807, 2.05) is 6.07 Å². The molecule has 3 nitrogen and oxygen atoms in total. The van der Waals surface area contributed by atoms with Crippen LogP contribution >= 0.6 is 0 Å². The summed E-state index contributed by atoms with van der Waals surface area (Å²) < 4.78 is 13.8. The minimum Gasteiger partial charge on any atom is -0.481 e. The molecule has 1 atom stereocenters. The normalized spacial score (nSPS) is 12.1. The van der Waals surface area contributed by atoms with Crippen molar-refractivity contribution >= 4 is 5.97 Å². The van der Waals surface area contributed by atoms with Gasteiger partial charge in [0, 0.05) is 18.3 Å². The molecule has 0 saturated carbocycles. The molecule has 0 saturated heterocycles. The lowest BCUT2D eigenvalue weighted by molar-refractivity contribution is -0.137. The number of hydrogen-bond donors (Lipinski definition) is 1. The van der Waals surface area contributed by atoms with Crippen LogP contribution < -0.4 is 0 Å². The Morgan fingerprint density at radius 1 is 1.26 bits per heavy atom. The second-order valence-electron chi connectivity index (χ2n) is 4.38. The van der Waals surface area contributed by atoms with Crippen LogP contribution in [0.5, 0.6) is 0 Å². The number of carbonyl (C=O) groups is 1. The van der Waals surface area contributed by atoms with Gasteiger partial charge in [-0.3, -0.25) is 9.78 Å². The Morgan fingerprint density at radius 2 is 2.05 bits per heavy atom. The maximum Gasteiger partial charge on any atom is 0.303 e. The Labute approximate surface area is 110 Å². The molecule has 4 heteroatoms. The van der Waals surface area contributed by atoms with Gasteiger partial charge in [0.15, 0.2) is 0 Å². The van der Waals surface area contributed by atoms with Crippen LogP contribution in [0.4, 0.5) is 4.39 Å². The SMILES string of the molecule is O=C(O)CC(Cc1cccnc1)c1ccccc1F. The summed E-state index contributed by atoms with van der Waals surface area (Å²) in [6.45, 7) is 0. The van der Waals surface area contributed by atoms with Gasteiger partial charge in [-0.1, -0.05) is 24.3 Å². The molecule has 98 valence electrons. The van der Waals surface area contributed by atoms with E-state index in [0.29, 0.717) is 12.0 Å². The standard InChI is InChI=1S/C15H14FNO2/c16-14-6-2-1-5-13(14)12(9-15(18)19)8-11-4-3-7-17-10-11/h1-7,10,12H,8-9H2,(H,18,19). The van der Waals surface area contributed by atoms with E-state index in [4.69, 9.17) is 5.11 Å². The van der Waals surface area contributed by atoms with E-state index < -0.39 is 5.97 Å². The van der Waals surface area contributed by atoms with Gasteiger partial charge < -0.3 is 5.11 Å². The van der Waals surface area contributed by atoms with Crippen LogP contribution in [0.2, 0.25) is 0 Å². The maximum atomic E-state index is 13.8. The van der Waals surface area contributed by atoms with Crippen molar-refractivity contribution in [2.75, 3.05) is 0 Å². The van der Waals surface area contributed by atoms with E-state index in [1.54, 1.807) is 36.7 Å². The lowest BCUT2D eigenvalue weighted by Crippen LogP contribution is -2.11. The van der Waals surface area contributed by atoms with E-state index in [2.05, 4.69) is 4.98 Å². The zero-order chi connectivity index (χ0) is 13.7. The summed E-state index contributed by atoms with van der Waals surface area (Å²) in [5.41, 5.74) is 1.34. The number of carboxylic acids is 1. The maximum absolute atomic E-state index is 13.8. The van der Waals surface area contributed by atoms with Crippen LogP contribution in [0.3, 0.4) is 0 Å². The predicted octanol–water partition coefficient (Wildman–Crippen LogP) is 3.02. The summed E-state index contributed by atoms with van der Waals surface area (Å²) >= 11 is 0. The molecule has 0 amide bonds. The summed E-state index contributed by atoms with van der Waals surface area (Å²) in [4.78, 5) is 14.9. The third kappa shape index (κ3) is 3.61. The van der Waals surface area contributed by atoms with Gasteiger partial charge in [-0.05, 0) is 29.7 Å². The highest BCUT2D eigenvalue weighted by atomic mass is 19.1. The Kier molecular flexibility index (Phi) is 4.23. The van der Waals surface area contributed by atoms with Crippen molar-refractivity contribution in [3.8, 4) is 0 Å². The van der Waals surface area contributed by atoms with Crippen LogP contribution in [0.1, 0.15) is 23.5 Å². The summed E-state index contributed by atoms with van der Waals surface area (Å²) in [7, 11) is 0. The lowest BCUT2D eigenvalue weighted by atomic mass is 9.89. The highest BCUT2D eigenvalue weighted by Gasteiger charge is 2.19. The molecule has 2 aromatic rings. The predicted molar refractivity (Wildman–Crippen MR) is 69.3 cm³/mol. The van der Waals surface area contributed by atoms with Gasteiger partial charge in [0.2, 0.25) is 0 Å². The minimum absolute atomic E-state index is 0.101. The van der Waals surface area contributed by atoms with Crippen LogP contribution in [0.15, 0.2) is 48.8 Å². The first-order valence-corrected chi connectivity index (χ1v) is 6.02. The van der Waals surface area contributed by atoms with Crippen molar-refractivity contribution in [2.45, 2.75) is 18.8 Å². The van der Waals surface area contributed by atoms with Crippen molar-refractivity contribution in [3.63, 3.8) is 0 Å². The number of hydrogen-bond acceptors (Lipinski definition) is 2. The molecular formula is C15H14FNO2. The fourth-order valence-electron chi connectivity index (χ4n) is 2.11. The molecule has 2 rings (SSSR count). The minimum atomic E-state index is -0.933. The Bertz CT molecular complexity index is 557. The number of halogens is 1. The molecule has 1 unspecified atom stereocenters. The van der Waals surface area contributed by atoms with E-state index in [9.17, 15) is 9.18 Å². The van der Waals surface area contributed by atoms with Gasteiger partial charge in [0.1, 0.15) is 5.82 Å². The number of aliphatic carboxylic acids is 1. The molecule has 0 bridgehead atoms. The summed E-state index contributed by atoms with van der Waals surface area (Å²) in [5.74, 6) is -1.68. The van der Waals surface area contributed by atoms with Gasteiger partial charge in [0.25, 0.3) is 0 Å². The average molecular weight is 259 g/mol. The van der Waals surface area contributed by atoms with Gasteiger partial charge >= 0.3 is 5.97 Å². The first-order chi connectivity index (χ1) is 9.16. The third-order valence-corrected chi connectivity index (χ3v) is 2.97. The largest absolute Gasteiger partial charge is 0.481 e. The number of rotatable bonds is 5. The topological polar surface area (TPSA) is 50.2 Å². The van der Waals surface area contributed by atoms with Crippen molar-refractivity contribution < 1.29 is 14.3 Å². The molecule has 1 aromatic carbocycles. The van der Waals surface area contributed by atoms with Crippen LogP contribution in [0.25, 0.3) is 0 Å². The van der Waals surface area contributed by atoms with Crippen LogP contribution in [0, 0.1) is 5.82 Å². The highest BCUT2D eigenvalue weighted by molar-refractivity contribution is 5.68. The number of nitrogens with zero attached hydrogens (tertiary/aromatic N) is 1. The molecular weight excluding hydrogens is 245 g/mol. The van der Waals surface area contributed by atoms with Crippen molar-refractivity contribution in [1.29, 1.82) is 0 Å². The first-order valence-electron chi connectivity index (χ1n) is 6.02. The molecule has 1 aromatic heterocycles. The number of carboxylic acid groups (broad SMARTS) is 1. The van der Waals surface area contributed by atoms with Gasteiger partial charge in [0.05, 0.1) is 6.42 Å². The summed E-state index contributed by atoms with van der Waals surface area (Å²) in [6.07, 6.45) is 3.69. The summed E-state index contributed by atoms with van der Waals surface area (Å²) in [5, 5.41) is 8.98. The Hall–Kier alpha value is -2.23. The van der Waals surface area contributed by atoms with Crippen LogP contribution in [-0.4, -0.2) is 16.1 Å². The molecule has 0 aliphatic heterocycles. The van der Waals surface area contributed by atoms with Gasteiger partial charge in [-0.15, -0.1) is 0 Å². The zero-order valence-corrected chi connectivity index (χ0v) is 10.3. The third-order valence-electron chi connectivity index (χ3n) is 2.97. The smallest absolute Gasteiger partial charge is 0.303 e. The van der Waals surface area contributed by atoms with Crippen molar-refractivity contribution in [2.24, 2.45) is 0 Å². The average Bonchev–Trinajstić information content (AvgIpc) is 2.39. The Balaban J connectivity index is 2.26. The zero-order valence-electron chi connectivity index (χ0n) is 10.3. The van der Waals surface area contributed by atoms with Crippen LogP contribution in [-0.2, 0) is 11.2 Å². The van der Waals surface area contributed by atoms with Crippen molar-refractivity contribution in [1.82, 2.24) is 4.98 Å². The second kappa shape index (κ2) is 6.09. The van der Waals surface area contributed by atoms with E-state index in [0.717, 1.165) is 5.56 Å². The summed E-state index contributed by atoms with van der Waals surface area (Å²) in [6, 6.07) is 9.96. The molecule has 0 spiro atoms. The number of aromatic nitrogens is 1. The molecule has 0 aliphatic carbocycles. The fourth-order valence-corrected chi connectivity index (χ4v) is 2.11. The van der Waals surface area contributed by atoms with Gasteiger partial charge in [-0.25, -0.2) is 4.39 Å². The Morgan fingerprint density at radius 3 is 2.68 bits per heavy atom. The highest BCUT2D eigenvalue weighted by Crippen LogP contribution is 2.26. The first kappa shape index (κ1) is 13.2. The van der Waals surface area contributed by atoms with Crippen molar-refractivity contribution in [3.05, 3.63) is 65.7 Å². The quantitative estimate of drug-likeness (QED) is 0.897. The van der Waals surface area contributed by atoms with Gasteiger partial charge in [-0.2, -0.15) is 0 Å². The number of benzene rings is 1. The van der Waals surface area contributed by atoms with E-state index in [1.165, 1.54) is 6.07 Å². The second-order valence-corrected chi connectivity index (χ2v) is 4.38.